The lowest BCUT2D eigenvalue weighted by Gasteiger charge is -2.20. The van der Waals surface area contributed by atoms with Gasteiger partial charge in [-0.1, -0.05) is 11.6 Å². The van der Waals surface area contributed by atoms with Crippen molar-refractivity contribution in [3.05, 3.63) is 22.7 Å². The van der Waals surface area contributed by atoms with Crippen molar-refractivity contribution in [3.63, 3.8) is 0 Å². The molecule has 1 aromatic rings. The van der Waals surface area contributed by atoms with Crippen LogP contribution in [0.3, 0.4) is 0 Å². The van der Waals surface area contributed by atoms with E-state index in [0.717, 1.165) is 25.1 Å². The predicted octanol–water partition coefficient (Wildman–Crippen LogP) is 3.43. The van der Waals surface area contributed by atoms with Gasteiger partial charge in [-0.25, -0.2) is 0 Å². The zero-order valence-electron chi connectivity index (χ0n) is 11.9. The van der Waals surface area contributed by atoms with Gasteiger partial charge >= 0.3 is 0 Å². The van der Waals surface area contributed by atoms with Crippen LogP contribution in [0.5, 0.6) is 11.5 Å². The standard InChI is InChI=1S/C15H22ClNO2/c1-15(2,3)17-6-5-11-9-12(16)14-13(10-11)18-7-4-8-19-14/h9-10,17H,4-8H2,1-3H3. The second kappa shape index (κ2) is 6.02. The van der Waals surface area contributed by atoms with Crippen LogP contribution in [0.2, 0.25) is 5.02 Å². The lowest BCUT2D eigenvalue weighted by molar-refractivity contribution is 0.297. The van der Waals surface area contributed by atoms with E-state index in [1.54, 1.807) is 0 Å². The fourth-order valence-electron chi connectivity index (χ4n) is 2.01. The molecule has 3 nitrogen and oxygen atoms in total. The lowest BCUT2D eigenvalue weighted by Crippen LogP contribution is -2.37. The third kappa shape index (κ3) is 4.29. The molecular formula is C15H22ClNO2. The van der Waals surface area contributed by atoms with Crippen molar-refractivity contribution < 1.29 is 9.47 Å². The highest BCUT2D eigenvalue weighted by molar-refractivity contribution is 6.32. The van der Waals surface area contributed by atoms with Gasteiger partial charge in [-0.05, 0) is 51.4 Å². The van der Waals surface area contributed by atoms with E-state index in [0.29, 0.717) is 24.0 Å². The van der Waals surface area contributed by atoms with Crippen LogP contribution in [0.15, 0.2) is 12.1 Å². The van der Waals surface area contributed by atoms with Gasteiger partial charge in [-0.3, -0.25) is 0 Å². The molecule has 106 valence electrons. The van der Waals surface area contributed by atoms with Crippen molar-refractivity contribution in [2.24, 2.45) is 0 Å². The Hall–Kier alpha value is -0.930. The summed E-state index contributed by atoms with van der Waals surface area (Å²) in [5.41, 5.74) is 1.31. The van der Waals surface area contributed by atoms with Crippen molar-refractivity contribution >= 4 is 11.6 Å². The molecule has 0 unspecified atom stereocenters. The monoisotopic (exact) mass is 283 g/mol. The molecule has 2 rings (SSSR count). The number of benzene rings is 1. The van der Waals surface area contributed by atoms with Gasteiger partial charge in [0.25, 0.3) is 0 Å². The van der Waals surface area contributed by atoms with Crippen molar-refractivity contribution in [1.82, 2.24) is 5.32 Å². The number of halogens is 1. The second-order valence-corrected chi connectivity index (χ2v) is 6.29. The Kier molecular flexibility index (Phi) is 4.58. The minimum Gasteiger partial charge on any atom is -0.489 e. The van der Waals surface area contributed by atoms with Crippen LogP contribution in [0.25, 0.3) is 0 Å². The van der Waals surface area contributed by atoms with E-state index in [2.05, 4.69) is 26.1 Å². The quantitative estimate of drug-likeness (QED) is 0.922. The number of hydrogen-bond acceptors (Lipinski definition) is 3. The summed E-state index contributed by atoms with van der Waals surface area (Å²) >= 11 is 6.26. The van der Waals surface area contributed by atoms with Crippen LogP contribution in [-0.4, -0.2) is 25.3 Å². The zero-order valence-corrected chi connectivity index (χ0v) is 12.6. The molecule has 0 amide bonds. The molecule has 1 aliphatic rings. The molecule has 0 fully saturated rings. The Labute approximate surface area is 120 Å². The van der Waals surface area contributed by atoms with Gasteiger partial charge in [-0.2, -0.15) is 0 Å². The number of nitrogens with one attached hydrogen (secondary N) is 1. The Morgan fingerprint density at radius 3 is 2.68 bits per heavy atom. The zero-order chi connectivity index (χ0) is 13.9. The van der Waals surface area contributed by atoms with Crippen molar-refractivity contribution in [2.45, 2.75) is 39.2 Å². The highest BCUT2D eigenvalue weighted by atomic mass is 35.5. The first kappa shape index (κ1) is 14.5. The van der Waals surface area contributed by atoms with Gasteiger partial charge in [0, 0.05) is 12.0 Å². The molecular weight excluding hydrogens is 262 g/mol. The number of fused-ring (bicyclic) bond motifs is 1. The summed E-state index contributed by atoms with van der Waals surface area (Å²) in [4.78, 5) is 0. The largest absolute Gasteiger partial charge is 0.489 e. The van der Waals surface area contributed by atoms with E-state index in [-0.39, 0.29) is 5.54 Å². The summed E-state index contributed by atoms with van der Waals surface area (Å²) in [5, 5.41) is 4.11. The predicted molar refractivity (Wildman–Crippen MR) is 78.5 cm³/mol. The third-order valence-electron chi connectivity index (χ3n) is 2.93. The van der Waals surface area contributed by atoms with Gasteiger partial charge in [0.15, 0.2) is 11.5 Å². The summed E-state index contributed by atoms with van der Waals surface area (Å²) in [5.74, 6) is 1.46. The highest BCUT2D eigenvalue weighted by Gasteiger charge is 2.16. The molecule has 19 heavy (non-hydrogen) atoms. The van der Waals surface area contributed by atoms with E-state index < -0.39 is 0 Å². The average Bonchev–Trinajstić information content (AvgIpc) is 2.52. The first-order chi connectivity index (χ1) is 8.96. The van der Waals surface area contributed by atoms with Crippen molar-refractivity contribution in [3.8, 4) is 11.5 Å². The smallest absolute Gasteiger partial charge is 0.179 e. The first-order valence-electron chi connectivity index (χ1n) is 6.79. The molecule has 0 saturated heterocycles. The SMILES string of the molecule is CC(C)(C)NCCc1cc(Cl)c2c(c1)OCCCO2. The Balaban J connectivity index is 2.06. The van der Waals surface area contributed by atoms with Gasteiger partial charge in [0.1, 0.15) is 0 Å². The van der Waals surface area contributed by atoms with Crippen LogP contribution >= 0.6 is 11.6 Å². The van der Waals surface area contributed by atoms with Gasteiger partial charge in [-0.15, -0.1) is 0 Å². The van der Waals surface area contributed by atoms with Gasteiger partial charge < -0.3 is 14.8 Å². The average molecular weight is 284 g/mol. The fourth-order valence-corrected chi connectivity index (χ4v) is 2.30. The molecule has 0 radical (unpaired) electrons. The topological polar surface area (TPSA) is 30.5 Å². The maximum Gasteiger partial charge on any atom is 0.179 e. The van der Waals surface area contributed by atoms with Gasteiger partial charge in [0.05, 0.1) is 18.2 Å². The molecule has 0 saturated carbocycles. The highest BCUT2D eigenvalue weighted by Crippen LogP contribution is 2.38. The summed E-state index contributed by atoms with van der Waals surface area (Å²) < 4.78 is 11.3. The van der Waals surface area contributed by atoms with E-state index in [1.807, 2.05) is 12.1 Å². The molecule has 0 aromatic heterocycles. The molecule has 1 aliphatic heterocycles. The Morgan fingerprint density at radius 2 is 1.95 bits per heavy atom. The van der Waals surface area contributed by atoms with Gasteiger partial charge in [0.2, 0.25) is 0 Å². The Bertz CT molecular complexity index is 441. The maximum absolute atomic E-state index is 6.26. The van der Waals surface area contributed by atoms with Crippen LogP contribution in [-0.2, 0) is 6.42 Å². The molecule has 1 aromatic carbocycles. The molecule has 4 heteroatoms. The van der Waals surface area contributed by atoms with E-state index >= 15 is 0 Å². The molecule has 0 aliphatic carbocycles. The first-order valence-corrected chi connectivity index (χ1v) is 7.16. The summed E-state index contributed by atoms with van der Waals surface area (Å²) in [6.07, 6.45) is 1.82. The van der Waals surface area contributed by atoms with Crippen molar-refractivity contribution in [2.75, 3.05) is 19.8 Å². The summed E-state index contributed by atoms with van der Waals surface area (Å²) in [6, 6.07) is 4.01. The second-order valence-electron chi connectivity index (χ2n) is 5.88. The minimum atomic E-state index is 0.134. The van der Waals surface area contributed by atoms with Crippen LogP contribution in [0.1, 0.15) is 32.8 Å². The third-order valence-corrected chi connectivity index (χ3v) is 3.21. The molecule has 0 atom stereocenters. The van der Waals surface area contributed by atoms with Crippen LogP contribution < -0.4 is 14.8 Å². The molecule has 1 N–H and O–H groups in total. The minimum absolute atomic E-state index is 0.134. The molecule has 0 spiro atoms. The Morgan fingerprint density at radius 1 is 1.21 bits per heavy atom. The number of hydrogen-bond donors (Lipinski definition) is 1. The normalized spacial score (nSPS) is 15.2. The number of ether oxygens (including phenoxy) is 2. The van der Waals surface area contributed by atoms with E-state index in [4.69, 9.17) is 21.1 Å². The summed E-state index contributed by atoms with van der Waals surface area (Å²) in [7, 11) is 0. The summed E-state index contributed by atoms with van der Waals surface area (Å²) in [6.45, 7) is 8.75. The van der Waals surface area contributed by atoms with E-state index in [1.165, 1.54) is 5.56 Å². The van der Waals surface area contributed by atoms with Crippen LogP contribution in [0, 0.1) is 0 Å². The fraction of sp³-hybridized carbons (Fsp3) is 0.600. The lowest BCUT2D eigenvalue weighted by atomic mass is 10.1. The van der Waals surface area contributed by atoms with Crippen molar-refractivity contribution in [1.29, 1.82) is 0 Å². The van der Waals surface area contributed by atoms with Crippen LogP contribution in [0.4, 0.5) is 0 Å². The number of rotatable bonds is 3. The molecule has 1 heterocycles. The molecule has 0 bridgehead atoms. The maximum atomic E-state index is 6.26. The van der Waals surface area contributed by atoms with E-state index in [9.17, 15) is 0 Å².